The van der Waals surface area contributed by atoms with E-state index in [0.717, 1.165) is 13.4 Å². The Hall–Kier alpha value is -3.63. The Bertz CT molecular complexity index is 2040. The minimum Gasteiger partial charge on any atom is -0.465 e. The Balaban J connectivity index is 1.23. The topological polar surface area (TPSA) is 281 Å². The minimum atomic E-state index is -4.66. The zero-order valence-electron chi connectivity index (χ0n) is 23.1. The van der Waals surface area contributed by atoms with E-state index in [1.54, 1.807) is 0 Å². The molecule has 0 amide bonds. The summed E-state index contributed by atoms with van der Waals surface area (Å²) in [5.41, 5.74) is 11.0. The molecule has 21 nitrogen and oxygen atoms in total. The van der Waals surface area contributed by atoms with Gasteiger partial charge in [-0.25, -0.2) is 28.9 Å². The number of aromatic nitrogens is 8. The van der Waals surface area contributed by atoms with Crippen molar-refractivity contribution < 1.29 is 51.0 Å². The minimum absolute atomic E-state index is 0.0297. The SMILES string of the molecule is COP1(=O)OCC2OC(n3cnc4c(=O)[nH]c(N)nc43)C(OP(O)(=S)OCC3=C(O1)C(F)C(n1cnc4c(N)ncnc41)O3)C2O. The Morgan fingerprint density at radius 1 is 1.13 bits per heavy atom. The van der Waals surface area contributed by atoms with Gasteiger partial charge < -0.3 is 40.0 Å². The number of imidazole rings is 2. The van der Waals surface area contributed by atoms with Crippen molar-refractivity contribution in [3.63, 3.8) is 0 Å². The number of aliphatic hydroxyl groups excluding tert-OH is 1. The van der Waals surface area contributed by atoms with Crippen LogP contribution in [0.2, 0.25) is 0 Å². The van der Waals surface area contributed by atoms with Gasteiger partial charge in [-0.05, 0) is 11.8 Å². The van der Waals surface area contributed by atoms with E-state index in [1.165, 1.54) is 21.8 Å². The first kappa shape index (κ1) is 31.0. The molecule has 2 bridgehead atoms. The number of nitrogens with zero attached hydrogens (tertiary/aromatic N) is 7. The van der Waals surface area contributed by atoms with Crippen LogP contribution < -0.4 is 17.0 Å². The first-order valence-corrected chi connectivity index (χ1v) is 17.1. The third kappa shape index (κ3) is 5.23. The molecule has 0 saturated carbocycles. The number of hydrogen-bond acceptors (Lipinski definition) is 18. The average Bonchev–Trinajstić information content (AvgIpc) is 3.77. The van der Waals surface area contributed by atoms with Gasteiger partial charge in [-0.3, -0.25) is 32.5 Å². The van der Waals surface area contributed by atoms with Gasteiger partial charge in [-0.2, -0.15) is 4.98 Å². The highest BCUT2D eigenvalue weighted by Gasteiger charge is 2.51. The molecule has 0 aliphatic carbocycles. The van der Waals surface area contributed by atoms with Crippen molar-refractivity contribution in [3.05, 3.63) is 40.9 Å². The first-order chi connectivity index (χ1) is 21.9. The summed E-state index contributed by atoms with van der Waals surface area (Å²) in [6.07, 6.45) is -6.03. The summed E-state index contributed by atoms with van der Waals surface area (Å²) < 4.78 is 70.8. The molecule has 3 aliphatic rings. The Kier molecular flexibility index (Phi) is 7.59. The van der Waals surface area contributed by atoms with Gasteiger partial charge in [0, 0.05) is 7.11 Å². The summed E-state index contributed by atoms with van der Waals surface area (Å²) in [4.78, 5) is 45.8. The summed E-state index contributed by atoms with van der Waals surface area (Å²) in [5.74, 6) is -1.28. The predicted molar refractivity (Wildman–Crippen MR) is 153 cm³/mol. The van der Waals surface area contributed by atoms with Crippen molar-refractivity contribution in [2.24, 2.45) is 0 Å². The highest BCUT2D eigenvalue weighted by Crippen LogP contribution is 2.56. The maximum Gasteiger partial charge on any atom is 0.529 e. The molecule has 25 heteroatoms. The van der Waals surface area contributed by atoms with Crippen molar-refractivity contribution in [3.8, 4) is 0 Å². The van der Waals surface area contributed by atoms with Gasteiger partial charge in [-0.1, -0.05) is 0 Å². The van der Waals surface area contributed by atoms with E-state index in [0.29, 0.717) is 0 Å². The summed E-state index contributed by atoms with van der Waals surface area (Å²) in [7, 11) is -3.67. The standard InChI is InChI=1S/C21H23FN10O11P2S/c1-37-44(35)38-2-7-12(33)14(20(40-7)32-6-28-11-17(32)29-21(24)30-18(11)34)43-45(36,46)39-3-8-13(42-44)9(22)19(41-8)31-5-27-10-15(23)25-4-26-16(10)31/h4-7,9,12,14,19-20,33H,2-3H2,1H3,(H,36,46)(H2,23,25,26)(H3,24,29,30,34). The van der Waals surface area contributed by atoms with Crippen LogP contribution >= 0.6 is 14.5 Å². The smallest absolute Gasteiger partial charge is 0.465 e. The van der Waals surface area contributed by atoms with E-state index in [4.69, 9.17) is 55.4 Å². The highest BCUT2D eigenvalue weighted by atomic mass is 32.5. The maximum absolute atomic E-state index is 16.1. The number of aromatic amines is 1. The van der Waals surface area contributed by atoms with Gasteiger partial charge in [0.25, 0.3) is 5.56 Å². The van der Waals surface area contributed by atoms with Crippen LogP contribution in [-0.2, 0) is 48.5 Å². The Morgan fingerprint density at radius 3 is 2.63 bits per heavy atom. The summed E-state index contributed by atoms with van der Waals surface area (Å²) in [6.45, 7) is -5.78. The zero-order chi connectivity index (χ0) is 32.5. The van der Waals surface area contributed by atoms with E-state index in [2.05, 4.69) is 29.9 Å². The first-order valence-electron chi connectivity index (χ1n) is 13.1. The molecule has 0 radical (unpaired) electrons. The van der Waals surface area contributed by atoms with Gasteiger partial charge in [0.1, 0.15) is 43.1 Å². The molecular weight excluding hydrogens is 681 g/mol. The van der Waals surface area contributed by atoms with Crippen molar-refractivity contribution in [2.75, 3.05) is 31.8 Å². The van der Waals surface area contributed by atoms with Crippen LogP contribution in [0.1, 0.15) is 12.5 Å². The second-order valence-corrected chi connectivity index (χ2v) is 14.4. The van der Waals surface area contributed by atoms with Crippen LogP contribution in [0.4, 0.5) is 16.2 Å². The van der Waals surface area contributed by atoms with Crippen molar-refractivity contribution in [1.82, 2.24) is 39.0 Å². The number of ether oxygens (including phenoxy) is 2. The van der Waals surface area contributed by atoms with E-state index in [9.17, 15) is 19.4 Å². The molecule has 46 heavy (non-hydrogen) atoms. The summed E-state index contributed by atoms with van der Waals surface area (Å²) in [6, 6.07) is 0. The molecule has 0 spiro atoms. The number of anilines is 2. The number of fused-ring (bicyclic) bond motifs is 4. The zero-order valence-corrected chi connectivity index (χ0v) is 25.8. The van der Waals surface area contributed by atoms with Crippen LogP contribution in [0.15, 0.2) is 35.3 Å². The third-order valence-electron chi connectivity index (χ3n) is 7.18. The molecule has 246 valence electrons. The summed E-state index contributed by atoms with van der Waals surface area (Å²) >= 11 is 5.21. The molecule has 3 aliphatic heterocycles. The number of phosphoric ester groups is 1. The molecule has 4 aromatic rings. The van der Waals surface area contributed by atoms with E-state index in [-0.39, 0.29) is 34.1 Å². The number of nitrogens with two attached hydrogens (primary N) is 2. The fourth-order valence-electron chi connectivity index (χ4n) is 5.06. The molecule has 7 N–H and O–H groups in total. The molecule has 0 aromatic carbocycles. The Labute approximate surface area is 260 Å². The maximum atomic E-state index is 16.1. The number of nitrogens with one attached hydrogen (secondary N) is 1. The molecular formula is C21H23FN10O11P2S. The Morgan fingerprint density at radius 2 is 1.87 bits per heavy atom. The van der Waals surface area contributed by atoms with Gasteiger partial charge in [0.15, 0.2) is 40.4 Å². The third-order valence-corrected chi connectivity index (χ3v) is 10.1. The number of nitrogen functional groups attached to an aromatic ring is 2. The number of rotatable bonds is 3. The second kappa shape index (κ2) is 11.3. The van der Waals surface area contributed by atoms with Gasteiger partial charge in [0.05, 0.1) is 12.9 Å². The monoisotopic (exact) mass is 704 g/mol. The number of H-pyrrole nitrogens is 1. The van der Waals surface area contributed by atoms with Gasteiger partial charge in [0.2, 0.25) is 18.3 Å². The van der Waals surface area contributed by atoms with E-state index in [1.807, 2.05) is 0 Å². The van der Waals surface area contributed by atoms with Gasteiger partial charge in [-0.15, -0.1) is 0 Å². The quantitative estimate of drug-likeness (QED) is 0.174. The average molecular weight is 704 g/mol. The van der Waals surface area contributed by atoms with Crippen molar-refractivity contribution in [2.45, 2.75) is 36.9 Å². The number of phosphoric acid groups is 1. The molecule has 7 heterocycles. The number of alkyl halides is 1. The fourth-order valence-corrected chi connectivity index (χ4v) is 7.40. The van der Waals surface area contributed by atoms with Crippen LogP contribution in [0.3, 0.4) is 0 Å². The van der Waals surface area contributed by atoms with Crippen LogP contribution in [-0.4, -0.2) is 93.8 Å². The highest BCUT2D eigenvalue weighted by molar-refractivity contribution is 8.07. The lowest BCUT2D eigenvalue weighted by Crippen LogP contribution is -2.35. The fraction of sp³-hybridized carbons (Fsp3) is 0.429. The molecule has 1 saturated heterocycles. The van der Waals surface area contributed by atoms with E-state index < -0.39 is 81.8 Å². The van der Waals surface area contributed by atoms with E-state index >= 15 is 4.39 Å². The largest absolute Gasteiger partial charge is 0.529 e. The van der Waals surface area contributed by atoms with Crippen LogP contribution in [0, 0.1) is 0 Å². The van der Waals surface area contributed by atoms with Crippen LogP contribution in [0.25, 0.3) is 22.3 Å². The molecule has 8 unspecified atom stereocenters. The van der Waals surface area contributed by atoms with Gasteiger partial charge >= 0.3 is 14.5 Å². The summed E-state index contributed by atoms with van der Waals surface area (Å²) in [5, 5.41) is 11.2. The number of aliphatic hydroxyl groups is 1. The number of hydrogen-bond donors (Lipinski definition) is 5. The molecule has 8 atom stereocenters. The van der Waals surface area contributed by atoms with Crippen molar-refractivity contribution >= 4 is 60.4 Å². The van der Waals surface area contributed by atoms with Crippen molar-refractivity contribution in [1.29, 1.82) is 0 Å². The molecule has 4 aromatic heterocycles. The normalized spacial score (nSPS) is 33.7. The predicted octanol–water partition coefficient (Wildman–Crippen LogP) is -0.119. The lowest BCUT2D eigenvalue weighted by atomic mass is 10.1. The lowest BCUT2D eigenvalue weighted by molar-refractivity contribution is -0.0506. The second-order valence-electron chi connectivity index (χ2n) is 9.94. The molecule has 7 rings (SSSR count). The lowest BCUT2D eigenvalue weighted by Gasteiger charge is -2.26. The molecule has 1 fully saturated rings. The van der Waals surface area contributed by atoms with Crippen LogP contribution in [0.5, 0.6) is 0 Å². The number of halogens is 1.